The molecule has 78 valence electrons. The van der Waals surface area contributed by atoms with E-state index in [1.165, 1.54) is 0 Å². The standard InChI is InChI=1S/C6H10F2O5/c7-5-6(8,12)4(11)3(10)2(1-9)13-5/h2-5,9-12H,1H2/t2-,3+,4+,5+,6-/m1/s1. The number of aliphatic hydroxyl groups is 4. The Morgan fingerprint density at radius 2 is 1.92 bits per heavy atom. The Hall–Kier alpha value is -0.340. The molecule has 0 aromatic carbocycles. The maximum atomic E-state index is 12.8. The number of aliphatic hydroxyl groups excluding tert-OH is 3. The summed E-state index contributed by atoms with van der Waals surface area (Å²) in [6.07, 6.45) is -8.44. The van der Waals surface area contributed by atoms with E-state index in [2.05, 4.69) is 4.74 Å². The van der Waals surface area contributed by atoms with E-state index in [0.717, 1.165) is 0 Å². The van der Waals surface area contributed by atoms with Crippen LogP contribution in [0.25, 0.3) is 0 Å². The molecule has 0 aliphatic carbocycles. The zero-order valence-electron chi connectivity index (χ0n) is 6.47. The fraction of sp³-hybridized carbons (Fsp3) is 1.00. The van der Waals surface area contributed by atoms with Crippen LogP contribution in [0.4, 0.5) is 8.78 Å². The molecule has 1 heterocycles. The first-order valence-electron chi connectivity index (χ1n) is 3.59. The van der Waals surface area contributed by atoms with E-state index in [9.17, 15) is 8.78 Å². The molecule has 5 atom stereocenters. The van der Waals surface area contributed by atoms with Crippen molar-refractivity contribution in [3.05, 3.63) is 0 Å². The molecule has 7 heteroatoms. The topological polar surface area (TPSA) is 90.2 Å². The van der Waals surface area contributed by atoms with Crippen molar-refractivity contribution in [3.8, 4) is 0 Å². The lowest BCUT2D eigenvalue weighted by Gasteiger charge is -2.39. The van der Waals surface area contributed by atoms with Crippen LogP contribution in [0.5, 0.6) is 0 Å². The van der Waals surface area contributed by atoms with Gasteiger partial charge in [0.25, 0.3) is 12.2 Å². The summed E-state index contributed by atoms with van der Waals surface area (Å²) in [7, 11) is 0. The van der Waals surface area contributed by atoms with Crippen LogP contribution in [0.2, 0.25) is 0 Å². The lowest BCUT2D eigenvalue weighted by Crippen LogP contribution is -2.63. The van der Waals surface area contributed by atoms with Crippen molar-refractivity contribution in [1.82, 2.24) is 0 Å². The molecular formula is C6H10F2O5. The van der Waals surface area contributed by atoms with Gasteiger partial charge in [-0.1, -0.05) is 0 Å². The summed E-state index contributed by atoms with van der Waals surface area (Å²) in [5, 5.41) is 35.0. The molecule has 1 aliphatic rings. The number of halogens is 2. The highest BCUT2D eigenvalue weighted by molar-refractivity contribution is 4.93. The first-order chi connectivity index (χ1) is 5.91. The Kier molecular flexibility index (Phi) is 2.83. The molecule has 0 bridgehead atoms. The van der Waals surface area contributed by atoms with Crippen molar-refractivity contribution in [3.63, 3.8) is 0 Å². The zero-order valence-corrected chi connectivity index (χ0v) is 6.47. The molecule has 5 nitrogen and oxygen atoms in total. The molecule has 0 radical (unpaired) electrons. The van der Waals surface area contributed by atoms with Gasteiger partial charge < -0.3 is 25.2 Å². The average molecular weight is 200 g/mol. The highest BCUT2D eigenvalue weighted by atomic mass is 19.2. The summed E-state index contributed by atoms with van der Waals surface area (Å²) in [6, 6.07) is 0. The van der Waals surface area contributed by atoms with Crippen LogP contribution in [0, 0.1) is 0 Å². The van der Waals surface area contributed by atoms with E-state index in [-0.39, 0.29) is 0 Å². The number of ether oxygens (including phenoxy) is 1. The predicted octanol–water partition coefficient (Wildman–Crippen LogP) is -1.95. The summed E-state index contributed by atoms with van der Waals surface area (Å²) in [4.78, 5) is 0. The fourth-order valence-electron chi connectivity index (χ4n) is 1.06. The molecule has 1 aliphatic heterocycles. The summed E-state index contributed by atoms with van der Waals surface area (Å²) >= 11 is 0. The fourth-order valence-corrected chi connectivity index (χ4v) is 1.06. The Labute approximate surface area is 72.2 Å². The van der Waals surface area contributed by atoms with Crippen LogP contribution in [0.15, 0.2) is 0 Å². The van der Waals surface area contributed by atoms with E-state index >= 15 is 0 Å². The molecule has 1 fully saturated rings. The molecule has 0 aromatic rings. The van der Waals surface area contributed by atoms with Crippen LogP contribution >= 0.6 is 0 Å². The monoisotopic (exact) mass is 200 g/mol. The molecule has 1 saturated heterocycles. The van der Waals surface area contributed by atoms with Gasteiger partial charge in [-0.15, -0.1) is 0 Å². The van der Waals surface area contributed by atoms with E-state index in [1.807, 2.05) is 0 Å². The van der Waals surface area contributed by atoms with Crippen LogP contribution in [0.3, 0.4) is 0 Å². The minimum absolute atomic E-state index is 0.783. The van der Waals surface area contributed by atoms with Gasteiger partial charge in [-0.25, -0.2) is 8.78 Å². The van der Waals surface area contributed by atoms with Gasteiger partial charge in [0.1, 0.15) is 18.3 Å². The van der Waals surface area contributed by atoms with Crippen molar-refractivity contribution < 1.29 is 33.9 Å². The van der Waals surface area contributed by atoms with Crippen LogP contribution in [-0.4, -0.2) is 57.6 Å². The second-order valence-electron chi connectivity index (χ2n) is 2.84. The van der Waals surface area contributed by atoms with Crippen molar-refractivity contribution in [2.75, 3.05) is 6.61 Å². The normalized spacial score (nSPS) is 52.2. The summed E-state index contributed by atoms with van der Waals surface area (Å²) in [5.41, 5.74) is 0. The van der Waals surface area contributed by atoms with Crippen LogP contribution < -0.4 is 0 Å². The minimum Gasteiger partial charge on any atom is -0.394 e. The number of rotatable bonds is 1. The second-order valence-corrected chi connectivity index (χ2v) is 2.84. The second kappa shape index (κ2) is 3.43. The Morgan fingerprint density at radius 3 is 2.38 bits per heavy atom. The van der Waals surface area contributed by atoms with Gasteiger partial charge >= 0.3 is 0 Å². The Bertz CT molecular complexity index is 188. The molecule has 0 unspecified atom stereocenters. The van der Waals surface area contributed by atoms with Gasteiger partial charge in [-0.3, -0.25) is 0 Å². The van der Waals surface area contributed by atoms with E-state index in [4.69, 9.17) is 20.4 Å². The van der Waals surface area contributed by atoms with Gasteiger partial charge in [-0.05, 0) is 0 Å². The molecule has 0 spiro atoms. The van der Waals surface area contributed by atoms with Gasteiger partial charge in [0.2, 0.25) is 0 Å². The van der Waals surface area contributed by atoms with Gasteiger partial charge in [-0.2, -0.15) is 0 Å². The third-order valence-corrected chi connectivity index (χ3v) is 1.91. The number of alkyl halides is 2. The average Bonchev–Trinajstić information content (AvgIpc) is 2.09. The van der Waals surface area contributed by atoms with E-state index in [0.29, 0.717) is 0 Å². The lowest BCUT2D eigenvalue weighted by molar-refractivity contribution is -0.350. The van der Waals surface area contributed by atoms with Gasteiger partial charge in [0, 0.05) is 0 Å². The molecule has 0 aromatic heterocycles. The maximum Gasteiger partial charge on any atom is 0.291 e. The maximum absolute atomic E-state index is 12.8. The SMILES string of the molecule is OC[C@H]1O[C@H](F)[C@@](O)(F)[C@@H](O)[C@H]1O. The van der Waals surface area contributed by atoms with Crippen molar-refractivity contribution in [2.45, 2.75) is 30.5 Å². The molecular weight excluding hydrogens is 190 g/mol. The van der Waals surface area contributed by atoms with E-state index < -0.39 is 37.1 Å². The van der Waals surface area contributed by atoms with Crippen molar-refractivity contribution in [1.29, 1.82) is 0 Å². The Morgan fingerprint density at radius 1 is 1.38 bits per heavy atom. The highest BCUT2D eigenvalue weighted by Crippen LogP contribution is 2.31. The lowest BCUT2D eigenvalue weighted by atomic mass is 9.98. The molecule has 0 amide bonds. The number of hydrogen-bond acceptors (Lipinski definition) is 5. The quantitative estimate of drug-likeness (QED) is 0.395. The summed E-state index contributed by atoms with van der Waals surface area (Å²) in [5.74, 6) is -3.65. The minimum atomic E-state index is -3.65. The summed E-state index contributed by atoms with van der Waals surface area (Å²) in [6.45, 7) is -0.783. The van der Waals surface area contributed by atoms with Crippen molar-refractivity contribution in [2.24, 2.45) is 0 Å². The highest BCUT2D eigenvalue weighted by Gasteiger charge is 2.56. The number of hydrogen-bond donors (Lipinski definition) is 4. The first kappa shape index (κ1) is 10.7. The molecule has 1 rings (SSSR count). The zero-order chi connectivity index (χ0) is 10.2. The van der Waals surface area contributed by atoms with Gasteiger partial charge in [0.15, 0.2) is 0 Å². The third kappa shape index (κ3) is 1.65. The van der Waals surface area contributed by atoms with E-state index in [1.54, 1.807) is 0 Å². The molecule has 0 saturated carbocycles. The van der Waals surface area contributed by atoms with Crippen LogP contribution in [0.1, 0.15) is 0 Å². The largest absolute Gasteiger partial charge is 0.394 e. The smallest absolute Gasteiger partial charge is 0.291 e. The Balaban J connectivity index is 2.79. The van der Waals surface area contributed by atoms with Gasteiger partial charge in [0.05, 0.1) is 6.61 Å². The van der Waals surface area contributed by atoms with Crippen molar-refractivity contribution >= 4 is 0 Å². The molecule has 4 N–H and O–H groups in total. The first-order valence-corrected chi connectivity index (χ1v) is 3.59. The van der Waals surface area contributed by atoms with Crippen LogP contribution in [-0.2, 0) is 4.74 Å². The third-order valence-electron chi connectivity index (χ3n) is 1.91. The predicted molar refractivity (Wildman–Crippen MR) is 34.9 cm³/mol. The molecule has 13 heavy (non-hydrogen) atoms. The summed E-state index contributed by atoms with van der Waals surface area (Å²) < 4.78 is 29.5.